The number of halogens is 2. The van der Waals surface area contributed by atoms with E-state index in [1.54, 1.807) is 23.5 Å². The Kier molecular flexibility index (Phi) is 4.50. The maximum atomic E-state index is 12.8. The van der Waals surface area contributed by atoms with E-state index in [9.17, 15) is 13.6 Å². The molecule has 1 aliphatic carbocycles. The number of hydrogen-bond acceptors (Lipinski definition) is 5. The molecule has 26 heavy (non-hydrogen) atoms. The van der Waals surface area contributed by atoms with Crippen LogP contribution in [0.3, 0.4) is 0 Å². The number of hydrogen-bond donors (Lipinski definition) is 0. The number of benzene rings is 1. The first kappa shape index (κ1) is 16.8. The molecule has 5 nitrogen and oxygen atoms in total. The second kappa shape index (κ2) is 6.95. The summed E-state index contributed by atoms with van der Waals surface area (Å²) < 4.78 is 29.8. The number of fused-ring (bicyclic) bond motifs is 3. The summed E-state index contributed by atoms with van der Waals surface area (Å²) >= 11 is 1.59. The minimum Gasteiger partial charge on any atom is -0.435 e. The van der Waals surface area contributed by atoms with E-state index in [2.05, 4.69) is 14.8 Å². The molecule has 0 aliphatic heterocycles. The van der Waals surface area contributed by atoms with Crippen LogP contribution in [0.15, 0.2) is 40.5 Å². The van der Waals surface area contributed by atoms with Crippen molar-refractivity contribution in [2.45, 2.75) is 32.3 Å². The van der Waals surface area contributed by atoms with Crippen LogP contribution in [-0.2, 0) is 12.8 Å². The third-order valence-corrected chi connectivity index (χ3v) is 5.50. The molecule has 3 aromatic rings. The Morgan fingerprint density at radius 1 is 1.23 bits per heavy atom. The van der Waals surface area contributed by atoms with E-state index >= 15 is 0 Å². The van der Waals surface area contributed by atoms with Crippen molar-refractivity contribution in [2.75, 3.05) is 0 Å². The normalized spacial score (nSPS) is 14.3. The zero-order valence-corrected chi connectivity index (χ0v) is 14.5. The molecule has 1 aliphatic rings. The molecule has 0 bridgehead atoms. The molecule has 1 aromatic carbocycles. The number of alkyl halides is 2. The van der Waals surface area contributed by atoms with Gasteiger partial charge in [0.05, 0.1) is 11.6 Å². The smallest absolute Gasteiger partial charge is 0.387 e. The lowest BCUT2D eigenvalue weighted by molar-refractivity contribution is -0.0498. The number of aryl methyl sites for hydroxylation is 2. The van der Waals surface area contributed by atoms with Gasteiger partial charge in [0.15, 0.2) is 0 Å². The van der Waals surface area contributed by atoms with Crippen molar-refractivity contribution >= 4 is 27.8 Å². The van der Waals surface area contributed by atoms with E-state index in [0.29, 0.717) is 10.9 Å². The van der Waals surface area contributed by atoms with Crippen molar-refractivity contribution in [3.63, 3.8) is 0 Å². The number of rotatable bonds is 4. The van der Waals surface area contributed by atoms with Crippen LogP contribution in [0.1, 0.15) is 28.8 Å². The first-order valence-corrected chi connectivity index (χ1v) is 9.04. The average Bonchev–Trinajstić information content (AvgIpc) is 3.01. The highest BCUT2D eigenvalue weighted by Crippen LogP contribution is 2.33. The summed E-state index contributed by atoms with van der Waals surface area (Å²) in [6.07, 6.45) is 7.05. The van der Waals surface area contributed by atoms with Crippen LogP contribution >= 0.6 is 11.3 Å². The molecule has 0 saturated carbocycles. The quantitative estimate of drug-likeness (QED) is 0.652. The summed E-state index contributed by atoms with van der Waals surface area (Å²) in [5.74, 6) is 0.0716. The fourth-order valence-corrected chi connectivity index (χ4v) is 4.30. The molecular weight excluding hydrogens is 360 g/mol. The van der Waals surface area contributed by atoms with Crippen LogP contribution in [0.5, 0.6) is 5.75 Å². The first-order valence-electron chi connectivity index (χ1n) is 8.23. The summed E-state index contributed by atoms with van der Waals surface area (Å²) in [5, 5.41) is 4.85. The van der Waals surface area contributed by atoms with Gasteiger partial charge in [-0.2, -0.15) is 18.6 Å². The van der Waals surface area contributed by atoms with Gasteiger partial charge in [0.1, 0.15) is 16.9 Å². The van der Waals surface area contributed by atoms with Crippen molar-refractivity contribution in [1.82, 2.24) is 9.66 Å². The molecule has 0 atom stereocenters. The second-order valence-electron chi connectivity index (χ2n) is 5.98. The van der Waals surface area contributed by atoms with Crippen LogP contribution in [0.2, 0.25) is 0 Å². The predicted octanol–water partition coefficient (Wildman–Crippen LogP) is 3.82. The lowest BCUT2D eigenvalue weighted by atomic mass is 9.97. The van der Waals surface area contributed by atoms with E-state index in [0.717, 1.165) is 36.1 Å². The molecule has 8 heteroatoms. The topological polar surface area (TPSA) is 56.5 Å². The summed E-state index contributed by atoms with van der Waals surface area (Å²) in [6.45, 7) is -2.86. The Bertz CT molecular complexity index is 1030. The highest BCUT2D eigenvalue weighted by Gasteiger charge is 2.19. The first-order chi connectivity index (χ1) is 12.6. The fraction of sp³-hybridized carbons (Fsp3) is 0.278. The molecule has 4 rings (SSSR count). The molecule has 134 valence electrons. The maximum absolute atomic E-state index is 12.8. The molecule has 0 fully saturated rings. The van der Waals surface area contributed by atoms with Gasteiger partial charge in [-0.3, -0.25) is 4.79 Å². The van der Waals surface area contributed by atoms with Crippen molar-refractivity contribution in [3.05, 3.63) is 57.0 Å². The van der Waals surface area contributed by atoms with Crippen LogP contribution < -0.4 is 10.3 Å². The Morgan fingerprint density at radius 3 is 2.77 bits per heavy atom. The van der Waals surface area contributed by atoms with Gasteiger partial charge in [-0.25, -0.2) is 4.98 Å². The summed E-state index contributed by atoms with van der Waals surface area (Å²) in [4.78, 5) is 19.2. The highest BCUT2D eigenvalue weighted by atomic mass is 32.1. The largest absolute Gasteiger partial charge is 0.435 e. The Hall–Kier alpha value is -2.61. The van der Waals surface area contributed by atoms with Crippen LogP contribution in [0, 0.1) is 0 Å². The van der Waals surface area contributed by atoms with Crippen LogP contribution in [0.4, 0.5) is 8.78 Å². The van der Waals surface area contributed by atoms with E-state index in [-0.39, 0.29) is 11.3 Å². The van der Waals surface area contributed by atoms with Crippen LogP contribution in [-0.4, -0.2) is 22.5 Å². The van der Waals surface area contributed by atoms with Gasteiger partial charge in [-0.05, 0) is 61.1 Å². The lowest BCUT2D eigenvalue weighted by Gasteiger charge is -2.09. The second-order valence-corrected chi connectivity index (χ2v) is 7.06. The molecule has 0 spiro atoms. The van der Waals surface area contributed by atoms with E-state index < -0.39 is 6.61 Å². The molecule has 2 aromatic heterocycles. The van der Waals surface area contributed by atoms with E-state index in [1.165, 1.54) is 34.2 Å². The standard InChI is InChI=1S/C18H15F2N3O2S/c19-18(20)25-12-7-5-11(6-8-12)9-22-23-10-21-16-15(17(23)24)13-3-1-2-4-14(13)26-16/h5-10,18H,1-4H2. The fourth-order valence-electron chi connectivity index (χ4n) is 3.08. The predicted molar refractivity (Wildman–Crippen MR) is 96.6 cm³/mol. The van der Waals surface area contributed by atoms with Crippen molar-refractivity contribution < 1.29 is 13.5 Å². The zero-order valence-electron chi connectivity index (χ0n) is 13.7. The summed E-state index contributed by atoms with van der Waals surface area (Å²) in [6, 6.07) is 6.02. The van der Waals surface area contributed by atoms with Gasteiger partial charge in [0.25, 0.3) is 5.56 Å². The minimum absolute atomic E-state index is 0.0716. The van der Waals surface area contributed by atoms with Crippen molar-refractivity contribution in [2.24, 2.45) is 5.10 Å². The van der Waals surface area contributed by atoms with E-state index in [1.807, 2.05) is 0 Å². The van der Waals surface area contributed by atoms with Crippen molar-refractivity contribution in [3.8, 4) is 5.75 Å². The minimum atomic E-state index is -2.86. The molecule has 0 amide bonds. The summed E-state index contributed by atoms with van der Waals surface area (Å²) in [5.41, 5.74) is 1.60. The molecule has 0 unspecified atom stereocenters. The lowest BCUT2D eigenvalue weighted by Crippen LogP contribution is -2.18. The third-order valence-electron chi connectivity index (χ3n) is 4.30. The molecular formula is C18H15F2N3O2S. The molecule has 0 N–H and O–H groups in total. The van der Waals surface area contributed by atoms with Gasteiger partial charge in [0, 0.05) is 4.88 Å². The summed E-state index contributed by atoms with van der Waals surface area (Å²) in [7, 11) is 0. The van der Waals surface area contributed by atoms with Gasteiger partial charge < -0.3 is 4.74 Å². The Morgan fingerprint density at radius 2 is 2.00 bits per heavy atom. The number of thiophene rings is 1. The number of aromatic nitrogens is 2. The number of nitrogens with zero attached hydrogens (tertiary/aromatic N) is 3. The molecule has 0 saturated heterocycles. The van der Waals surface area contributed by atoms with Gasteiger partial charge >= 0.3 is 6.61 Å². The van der Waals surface area contributed by atoms with Crippen molar-refractivity contribution in [1.29, 1.82) is 0 Å². The zero-order chi connectivity index (χ0) is 18.1. The van der Waals surface area contributed by atoms with Gasteiger partial charge in [-0.15, -0.1) is 11.3 Å². The SMILES string of the molecule is O=c1c2c3c(sc2ncn1N=Cc1ccc(OC(F)F)cc1)CCCC3. The van der Waals surface area contributed by atoms with E-state index in [4.69, 9.17) is 0 Å². The average molecular weight is 375 g/mol. The van der Waals surface area contributed by atoms with Crippen LogP contribution in [0.25, 0.3) is 10.2 Å². The molecule has 2 heterocycles. The monoisotopic (exact) mass is 375 g/mol. The number of ether oxygens (including phenoxy) is 1. The highest BCUT2D eigenvalue weighted by molar-refractivity contribution is 7.18. The molecule has 0 radical (unpaired) electrons. The van der Waals surface area contributed by atoms with Gasteiger partial charge in [0.2, 0.25) is 0 Å². The third kappa shape index (κ3) is 3.24. The van der Waals surface area contributed by atoms with Gasteiger partial charge in [-0.1, -0.05) is 0 Å². The Balaban J connectivity index is 1.64. The maximum Gasteiger partial charge on any atom is 0.387 e. The Labute approximate surface area is 151 Å².